The molecule has 0 heterocycles. The van der Waals surface area contributed by atoms with Crippen LogP contribution < -0.4 is 0 Å². The van der Waals surface area contributed by atoms with Gasteiger partial charge >= 0.3 is 5.97 Å². The van der Waals surface area contributed by atoms with E-state index in [0.717, 1.165) is 18.4 Å². The molecular weight excluding hydrogens is 240 g/mol. The molecule has 102 valence electrons. The van der Waals surface area contributed by atoms with E-state index in [1.54, 1.807) is 13.8 Å². The van der Waals surface area contributed by atoms with E-state index in [1.165, 1.54) is 17.5 Å². The summed E-state index contributed by atoms with van der Waals surface area (Å²) in [6.45, 7) is 3.61. The zero-order valence-electron chi connectivity index (χ0n) is 11.6. The summed E-state index contributed by atoms with van der Waals surface area (Å²) in [4.78, 5) is 23.4. The quantitative estimate of drug-likeness (QED) is 0.603. The van der Waals surface area contributed by atoms with E-state index in [9.17, 15) is 9.59 Å². The smallest absolute Gasteiger partial charge is 0.306 e. The summed E-state index contributed by atoms with van der Waals surface area (Å²) in [5.74, 6) is -0.278. The second kappa shape index (κ2) is 6.00. The molecule has 3 heteroatoms. The second-order valence-corrected chi connectivity index (χ2v) is 5.30. The molecule has 0 amide bonds. The molecule has 0 unspecified atom stereocenters. The van der Waals surface area contributed by atoms with Crippen LogP contribution in [-0.2, 0) is 22.4 Å². The highest BCUT2D eigenvalue weighted by Gasteiger charge is 2.15. The number of carbonyl (C=O) groups is 2. The Morgan fingerprint density at radius 3 is 2.63 bits per heavy atom. The van der Waals surface area contributed by atoms with Crippen LogP contribution >= 0.6 is 0 Å². The number of hydrogen-bond acceptors (Lipinski definition) is 3. The van der Waals surface area contributed by atoms with Gasteiger partial charge in [-0.3, -0.25) is 9.59 Å². The van der Waals surface area contributed by atoms with E-state index < -0.39 is 0 Å². The van der Waals surface area contributed by atoms with Gasteiger partial charge in [-0.2, -0.15) is 0 Å². The summed E-state index contributed by atoms with van der Waals surface area (Å²) < 4.78 is 5.02. The van der Waals surface area contributed by atoms with Gasteiger partial charge in [-0.05, 0) is 50.3 Å². The fraction of sp³-hybridized carbons (Fsp3) is 0.500. The lowest BCUT2D eigenvalue weighted by Crippen LogP contribution is -2.13. The van der Waals surface area contributed by atoms with E-state index in [-0.39, 0.29) is 30.7 Å². The average molecular weight is 260 g/mol. The first-order valence-corrected chi connectivity index (χ1v) is 6.91. The van der Waals surface area contributed by atoms with Crippen molar-refractivity contribution in [1.29, 1.82) is 0 Å². The highest BCUT2D eigenvalue weighted by Crippen LogP contribution is 2.23. The lowest BCUT2D eigenvalue weighted by molar-refractivity contribution is -0.147. The van der Waals surface area contributed by atoms with Gasteiger partial charge in [0.15, 0.2) is 5.78 Å². The molecule has 0 saturated heterocycles. The number of ether oxygens (including phenoxy) is 1. The highest BCUT2D eigenvalue weighted by molar-refractivity contribution is 5.97. The first kappa shape index (κ1) is 13.8. The van der Waals surface area contributed by atoms with Gasteiger partial charge in [-0.25, -0.2) is 0 Å². The number of Topliss-reactive ketones (excluding diaryl/α,β-unsaturated/α-hetero) is 1. The van der Waals surface area contributed by atoms with E-state index in [1.807, 2.05) is 18.2 Å². The van der Waals surface area contributed by atoms with Gasteiger partial charge in [0.1, 0.15) is 0 Å². The fourth-order valence-corrected chi connectivity index (χ4v) is 2.43. The van der Waals surface area contributed by atoms with Crippen LogP contribution in [0.15, 0.2) is 18.2 Å². The van der Waals surface area contributed by atoms with Crippen molar-refractivity contribution in [2.45, 2.75) is 52.1 Å². The van der Waals surface area contributed by atoms with Gasteiger partial charge in [0.25, 0.3) is 0 Å². The highest BCUT2D eigenvalue weighted by atomic mass is 16.5. The Hall–Kier alpha value is -1.64. The Labute approximate surface area is 114 Å². The molecule has 1 aliphatic rings. The average Bonchev–Trinajstić information content (AvgIpc) is 2.82. The first-order chi connectivity index (χ1) is 9.06. The molecule has 0 N–H and O–H groups in total. The van der Waals surface area contributed by atoms with Crippen molar-refractivity contribution in [2.24, 2.45) is 0 Å². The molecule has 19 heavy (non-hydrogen) atoms. The maximum Gasteiger partial charge on any atom is 0.306 e. The third-order valence-electron chi connectivity index (χ3n) is 3.34. The molecule has 1 aliphatic carbocycles. The maximum absolute atomic E-state index is 12.0. The Balaban J connectivity index is 1.91. The molecule has 3 nitrogen and oxygen atoms in total. The zero-order valence-corrected chi connectivity index (χ0v) is 11.6. The van der Waals surface area contributed by atoms with Gasteiger partial charge in [0, 0.05) is 12.0 Å². The predicted octanol–water partition coefficient (Wildman–Crippen LogP) is 3.09. The van der Waals surface area contributed by atoms with Crippen molar-refractivity contribution in [3.05, 3.63) is 34.9 Å². The van der Waals surface area contributed by atoms with Crippen LogP contribution in [-0.4, -0.2) is 17.9 Å². The number of fused-ring (bicyclic) bond motifs is 1. The minimum atomic E-state index is -0.301. The molecule has 2 rings (SSSR count). The van der Waals surface area contributed by atoms with E-state index >= 15 is 0 Å². The van der Waals surface area contributed by atoms with Crippen LogP contribution in [0, 0.1) is 0 Å². The summed E-state index contributed by atoms with van der Waals surface area (Å²) in [6.07, 6.45) is 3.62. The lowest BCUT2D eigenvalue weighted by Gasteiger charge is -2.08. The number of aryl methyl sites for hydroxylation is 2. The summed E-state index contributed by atoms with van der Waals surface area (Å²) in [5, 5.41) is 0. The molecule has 0 radical (unpaired) electrons. The number of esters is 1. The Kier molecular flexibility index (Phi) is 4.35. The molecule has 0 saturated carbocycles. The third-order valence-corrected chi connectivity index (χ3v) is 3.34. The van der Waals surface area contributed by atoms with Crippen molar-refractivity contribution >= 4 is 11.8 Å². The van der Waals surface area contributed by atoms with Crippen LogP contribution in [0.5, 0.6) is 0 Å². The van der Waals surface area contributed by atoms with E-state index in [2.05, 4.69) is 0 Å². The normalized spacial score (nSPS) is 13.4. The van der Waals surface area contributed by atoms with Crippen molar-refractivity contribution < 1.29 is 14.3 Å². The first-order valence-electron chi connectivity index (χ1n) is 6.91. The van der Waals surface area contributed by atoms with Crippen LogP contribution in [0.25, 0.3) is 0 Å². The number of ketones is 1. The third kappa shape index (κ3) is 3.66. The van der Waals surface area contributed by atoms with Crippen LogP contribution in [0.2, 0.25) is 0 Å². The lowest BCUT2D eigenvalue weighted by atomic mass is 10.0. The van der Waals surface area contributed by atoms with Crippen LogP contribution in [0.4, 0.5) is 0 Å². The van der Waals surface area contributed by atoms with Crippen molar-refractivity contribution in [2.75, 3.05) is 0 Å². The van der Waals surface area contributed by atoms with Gasteiger partial charge in [-0.15, -0.1) is 0 Å². The van der Waals surface area contributed by atoms with Crippen LogP contribution in [0.3, 0.4) is 0 Å². The second-order valence-electron chi connectivity index (χ2n) is 5.30. The SMILES string of the molecule is CC(C)OC(=O)CCC(=O)c1ccc2c(c1)CCC2. The minimum absolute atomic E-state index is 0.0235. The number of benzene rings is 1. The number of rotatable bonds is 5. The van der Waals surface area contributed by atoms with E-state index in [4.69, 9.17) is 4.74 Å². The van der Waals surface area contributed by atoms with Gasteiger partial charge in [0.2, 0.25) is 0 Å². The molecule has 0 fully saturated rings. The Bertz CT molecular complexity index is 489. The Morgan fingerprint density at radius 2 is 1.89 bits per heavy atom. The number of hydrogen-bond donors (Lipinski definition) is 0. The van der Waals surface area contributed by atoms with Gasteiger partial charge < -0.3 is 4.74 Å². The molecule has 1 aromatic rings. The molecule has 0 bridgehead atoms. The standard InChI is InChI=1S/C16H20O3/c1-11(2)19-16(18)9-8-15(17)14-7-6-12-4-3-5-13(12)10-14/h6-7,10-11H,3-5,8-9H2,1-2H3. The molecular formula is C16H20O3. The monoisotopic (exact) mass is 260 g/mol. The Morgan fingerprint density at radius 1 is 1.16 bits per heavy atom. The zero-order chi connectivity index (χ0) is 13.8. The van der Waals surface area contributed by atoms with E-state index in [0.29, 0.717) is 0 Å². The largest absolute Gasteiger partial charge is 0.463 e. The van der Waals surface area contributed by atoms with Crippen molar-refractivity contribution in [3.8, 4) is 0 Å². The van der Waals surface area contributed by atoms with Crippen molar-refractivity contribution in [3.63, 3.8) is 0 Å². The summed E-state index contributed by atoms with van der Waals surface area (Å²) in [6, 6.07) is 5.90. The topological polar surface area (TPSA) is 43.4 Å². The number of carbonyl (C=O) groups excluding carboxylic acids is 2. The fourth-order valence-electron chi connectivity index (χ4n) is 2.43. The van der Waals surface area contributed by atoms with Crippen LogP contribution in [0.1, 0.15) is 54.6 Å². The molecule has 0 aromatic heterocycles. The maximum atomic E-state index is 12.0. The molecule has 0 atom stereocenters. The minimum Gasteiger partial charge on any atom is -0.463 e. The summed E-state index contributed by atoms with van der Waals surface area (Å²) in [5.41, 5.74) is 3.37. The van der Waals surface area contributed by atoms with Gasteiger partial charge in [-0.1, -0.05) is 12.1 Å². The van der Waals surface area contributed by atoms with Crippen molar-refractivity contribution in [1.82, 2.24) is 0 Å². The summed E-state index contributed by atoms with van der Waals surface area (Å²) >= 11 is 0. The molecule has 1 aromatic carbocycles. The molecule has 0 aliphatic heterocycles. The summed E-state index contributed by atoms with van der Waals surface area (Å²) in [7, 11) is 0. The molecule has 0 spiro atoms. The van der Waals surface area contributed by atoms with Gasteiger partial charge in [0.05, 0.1) is 12.5 Å². The predicted molar refractivity (Wildman–Crippen MR) is 73.3 cm³/mol.